The first-order valence-corrected chi connectivity index (χ1v) is 6.91. The molecule has 18 heavy (non-hydrogen) atoms. The Balaban J connectivity index is 2.47. The quantitative estimate of drug-likeness (QED) is 0.772. The van der Waals surface area contributed by atoms with Gasteiger partial charge in [-0.1, -0.05) is 17.7 Å². The predicted octanol–water partition coefficient (Wildman–Crippen LogP) is 4.44. The molecule has 0 radical (unpaired) electrons. The lowest BCUT2D eigenvalue weighted by Crippen LogP contribution is -2.14. The maximum atomic E-state index is 13.1. The smallest absolute Gasteiger partial charge is 0.123 e. The number of halogens is 3. The summed E-state index contributed by atoms with van der Waals surface area (Å²) in [6.45, 7) is 1.86. The first-order valence-electron chi connectivity index (χ1n) is 5.45. The van der Waals surface area contributed by atoms with Crippen LogP contribution < -0.4 is 5.73 Å². The number of hydrogen-bond acceptors (Lipinski definition) is 1. The second-order valence-corrected chi connectivity index (χ2v) is 5.74. The second-order valence-electron chi connectivity index (χ2n) is 4.14. The zero-order valence-electron chi connectivity index (χ0n) is 9.75. The van der Waals surface area contributed by atoms with Crippen molar-refractivity contribution in [1.29, 1.82) is 0 Å². The summed E-state index contributed by atoms with van der Waals surface area (Å²) in [6.07, 6.45) is 0. The van der Waals surface area contributed by atoms with Crippen LogP contribution in [0.4, 0.5) is 4.39 Å². The van der Waals surface area contributed by atoms with Gasteiger partial charge in [-0.15, -0.1) is 0 Å². The molecule has 1 nitrogen and oxygen atoms in total. The third kappa shape index (κ3) is 2.84. The molecule has 0 fully saturated rings. The fourth-order valence-electron chi connectivity index (χ4n) is 1.91. The van der Waals surface area contributed by atoms with E-state index in [0.717, 1.165) is 20.3 Å². The van der Waals surface area contributed by atoms with Crippen molar-refractivity contribution in [2.24, 2.45) is 5.73 Å². The molecule has 0 bridgehead atoms. The van der Waals surface area contributed by atoms with Gasteiger partial charge in [-0.3, -0.25) is 0 Å². The van der Waals surface area contributed by atoms with E-state index in [1.54, 1.807) is 6.07 Å². The van der Waals surface area contributed by atoms with E-state index in [2.05, 4.69) is 22.6 Å². The standard InChI is InChI=1S/C14H12ClFIN/c1-8-6-10(16)3-4-11(8)14(18)12-7-9(15)2-5-13(12)17/h2-7,14H,18H2,1H3. The maximum absolute atomic E-state index is 13.1. The van der Waals surface area contributed by atoms with Gasteiger partial charge in [-0.05, 0) is 76.5 Å². The van der Waals surface area contributed by atoms with E-state index in [-0.39, 0.29) is 11.9 Å². The van der Waals surface area contributed by atoms with Crippen LogP contribution in [0.1, 0.15) is 22.7 Å². The number of rotatable bonds is 2. The summed E-state index contributed by atoms with van der Waals surface area (Å²) in [6, 6.07) is 9.97. The van der Waals surface area contributed by atoms with Crippen LogP contribution in [0.25, 0.3) is 0 Å². The summed E-state index contributed by atoms with van der Waals surface area (Å²) in [5, 5.41) is 0.653. The molecule has 0 aliphatic heterocycles. The summed E-state index contributed by atoms with van der Waals surface area (Å²) < 4.78 is 14.1. The Morgan fingerprint density at radius 1 is 1.17 bits per heavy atom. The molecule has 0 aliphatic carbocycles. The Bertz CT molecular complexity index is 586. The van der Waals surface area contributed by atoms with E-state index in [0.29, 0.717) is 5.02 Å². The molecule has 2 aromatic carbocycles. The Kier molecular flexibility index (Phi) is 4.25. The van der Waals surface area contributed by atoms with Crippen LogP contribution in [0.2, 0.25) is 5.02 Å². The molecule has 2 rings (SSSR count). The Labute approximate surface area is 124 Å². The Hall–Kier alpha value is -0.650. The Morgan fingerprint density at radius 3 is 2.56 bits per heavy atom. The lowest BCUT2D eigenvalue weighted by atomic mass is 9.96. The second kappa shape index (κ2) is 5.55. The maximum Gasteiger partial charge on any atom is 0.123 e. The average Bonchev–Trinajstić information content (AvgIpc) is 2.31. The molecule has 4 heteroatoms. The fourth-order valence-corrected chi connectivity index (χ4v) is 2.76. The largest absolute Gasteiger partial charge is 0.320 e. The topological polar surface area (TPSA) is 26.0 Å². The van der Waals surface area contributed by atoms with E-state index in [1.807, 2.05) is 25.1 Å². The average molecular weight is 376 g/mol. The SMILES string of the molecule is Cc1cc(F)ccc1C(N)c1cc(Cl)ccc1I. The number of nitrogens with two attached hydrogens (primary N) is 1. The van der Waals surface area contributed by atoms with Crippen molar-refractivity contribution in [3.05, 3.63) is 67.5 Å². The summed E-state index contributed by atoms with van der Waals surface area (Å²) in [5.74, 6) is -0.246. The molecule has 0 amide bonds. The van der Waals surface area contributed by atoms with E-state index in [9.17, 15) is 4.39 Å². The zero-order chi connectivity index (χ0) is 13.3. The van der Waals surface area contributed by atoms with Gasteiger partial charge < -0.3 is 5.73 Å². The number of aryl methyl sites for hydroxylation is 1. The normalized spacial score (nSPS) is 12.5. The highest BCUT2D eigenvalue weighted by molar-refractivity contribution is 14.1. The van der Waals surface area contributed by atoms with Gasteiger partial charge in [0.05, 0.1) is 6.04 Å². The van der Waals surface area contributed by atoms with Crippen molar-refractivity contribution in [2.75, 3.05) is 0 Å². The number of hydrogen-bond donors (Lipinski definition) is 1. The van der Waals surface area contributed by atoms with Crippen LogP contribution in [0.3, 0.4) is 0 Å². The van der Waals surface area contributed by atoms with Crippen molar-refractivity contribution in [1.82, 2.24) is 0 Å². The van der Waals surface area contributed by atoms with Crippen molar-refractivity contribution < 1.29 is 4.39 Å². The van der Waals surface area contributed by atoms with Crippen LogP contribution in [0.15, 0.2) is 36.4 Å². The van der Waals surface area contributed by atoms with Crippen molar-refractivity contribution in [3.63, 3.8) is 0 Å². The highest BCUT2D eigenvalue weighted by atomic mass is 127. The molecular formula is C14H12ClFIN. The molecule has 0 saturated heterocycles. The van der Waals surface area contributed by atoms with Crippen LogP contribution >= 0.6 is 34.2 Å². The first kappa shape index (κ1) is 13.8. The highest BCUT2D eigenvalue weighted by Crippen LogP contribution is 2.28. The molecule has 0 saturated carbocycles. The van der Waals surface area contributed by atoms with E-state index in [1.165, 1.54) is 12.1 Å². The minimum atomic E-state index is -0.295. The van der Waals surface area contributed by atoms with Crippen LogP contribution in [-0.2, 0) is 0 Å². The van der Waals surface area contributed by atoms with Gasteiger partial charge in [0, 0.05) is 8.59 Å². The lowest BCUT2D eigenvalue weighted by molar-refractivity contribution is 0.624. The minimum Gasteiger partial charge on any atom is -0.320 e. The lowest BCUT2D eigenvalue weighted by Gasteiger charge is -2.17. The molecule has 0 aromatic heterocycles. The van der Waals surface area contributed by atoms with Crippen LogP contribution in [0, 0.1) is 16.3 Å². The van der Waals surface area contributed by atoms with Crippen molar-refractivity contribution >= 4 is 34.2 Å². The van der Waals surface area contributed by atoms with Gasteiger partial charge in [0.25, 0.3) is 0 Å². The van der Waals surface area contributed by atoms with Gasteiger partial charge >= 0.3 is 0 Å². The van der Waals surface area contributed by atoms with Gasteiger partial charge in [0.2, 0.25) is 0 Å². The number of benzene rings is 2. The van der Waals surface area contributed by atoms with Crippen molar-refractivity contribution in [2.45, 2.75) is 13.0 Å². The molecule has 1 atom stereocenters. The van der Waals surface area contributed by atoms with Gasteiger partial charge in [0.15, 0.2) is 0 Å². The van der Waals surface area contributed by atoms with Gasteiger partial charge in [0.1, 0.15) is 5.82 Å². The zero-order valence-corrected chi connectivity index (χ0v) is 12.7. The molecule has 0 aliphatic rings. The highest BCUT2D eigenvalue weighted by Gasteiger charge is 2.15. The predicted molar refractivity (Wildman–Crippen MR) is 81.3 cm³/mol. The first-order chi connectivity index (χ1) is 8.49. The molecule has 0 spiro atoms. The van der Waals surface area contributed by atoms with Crippen LogP contribution in [0.5, 0.6) is 0 Å². The monoisotopic (exact) mass is 375 g/mol. The summed E-state index contributed by atoms with van der Waals surface area (Å²) in [4.78, 5) is 0. The van der Waals surface area contributed by atoms with E-state index >= 15 is 0 Å². The summed E-state index contributed by atoms with van der Waals surface area (Å²) in [7, 11) is 0. The van der Waals surface area contributed by atoms with Crippen molar-refractivity contribution in [3.8, 4) is 0 Å². The van der Waals surface area contributed by atoms with Gasteiger partial charge in [-0.25, -0.2) is 4.39 Å². The van der Waals surface area contributed by atoms with Gasteiger partial charge in [-0.2, -0.15) is 0 Å². The molecule has 2 N–H and O–H groups in total. The summed E-state index contributed by atoms with van der Waals surface area (Å²) >= 11 is 8.22. The van der Waals surface area contributed by atoms with E-state index in [4.69, 9.17) is 17.3 Å². The molecule has 2 aromatic rings. The van der Waals surface area contributed by atoms with E-state index < -0.39 is 0 Å². The molecule has 94 valence electrons. The minimum absolute atomic E-state index is 0.246. The third-order valence-corrected chi connectivity index (χ3v) is 4.08. The fraction of sp³-hybridized carbons (Fsp3) is 0.143. The van der Waals surface area contributed by atoms with Crippen LogP contribution in [-0.4, -0.2) is 0 Å². The third-order valence-electron chi connectivity index (χ3n) is 2.86. The molecule has 1 unspecified atom stereocenters. The Morgan fingerprint density at radius 2 is 1.89 bits per heavy atom. The molecule has 0 heterocycles. The molecular weight excluding hydrogens is 364 g/mol. The summed E-state index contributed by atoms with van der Waals surface area (Å²) in [5.41, 5.74) is 8.97.